The molecule has 23 heavy (non-hydrogen) atoms. The summed E-state index contributed by atoms with van der Waals surface area (Å²) in [5.41, 5.74) is 11.3. The molecule has 0 unspecified atom stereocenters. The van der Waals surface area contributed by atoms with Crippen LogP contribution >= 0.6 is 0 Å². The topological polar surface area (TPSA) is 74.8 Å². The number of benzene rings is 2. The fraction of sp³-hybridized carbons (Fsp3) is 0.0526. The number of hydrogen-bond acceptors (Lipinski definition) is 4. The standard InChI is InChI=1S/C19H18N4/c20-10-16-8-15(6-7-19(16)21)17-9-18(13-22-12-17)23-11-14-4-2-1-3-5-14/h1-10,12-13,20,23H,11,21H2. The van der Waals surface area contributed by atoms with Crippen molar-refractivity contribution in [2.75, 3.05) is 11.1 Å². The van der Waals surface area contributed by atoms with Gasteiger partial charge in [-0.25, -0.2) is 0 Å². The van der Waals surface area contributed by atoms with Gasteiger partial charge < -0.3 is 16.5 Å². The van der Waals surface area contributed by atoms with Crippen LogP contribution in [0.4, 0.5) is 11.4 Å². The molecule has 1 heterocycles. The summed E-state index contributed by atoms with van der Waals surface area (Å²) in [5, 5.41) is 10.8. The largest absolute Gasteiger partial charge is 0.398 e. The summed E-state index contributed by atoms with van der Waals surface area (Å²) in [6, 6.07) is 17.9. The Balaban J connectivity index is 1.81. The highest BCUT2D eigenvalue weighted by atomic mass is 14.9. The Morgan fingerprint density at radius 3 is 2.61 bits per heavy atom. The van der Waals surface area contributed by atoms with Gasteiger partial charge in [0.05, 0.1) is 5.69 Å². The molecule has 0 aliphatic heterocycles. The summed E-state index contributed by atoms with van der Waals surface area (Å²) in [6.07, 6.45) is 4.89. The van der Waals surface area contributed by atoms with Crippen molar-refractivity contribution in [2.45, 2.75) is 6.54 Å². The SMILES string of the molecule is N=Cc1cc(-c2cncc(NCc3ccccc3)c2)ccc1N. The van der Waals surface area contributed by atoms with Crippen LogP contribution in [0.25, 0.3) is 11.1 Å². The van der Waals surface area contributed by atoms with E-state index in [1.165, 1.54) is 11.8 Å². The van der Waals surface area contributed by atoms with Crippen molar-refractivity contribution in [3.63, 3.8) is 0 Å². The highest BCUT2D eigenvalue weighted by molar-refractivity contribution is 5.87. The van der Waals surface area contributed by atoms with Gasteiger partial charge in [-0.1, -0.05) is 36.4 Å². The van der Waals surface area contributed by atoms with Crippen LogP contribution in [0.2, 0.25) is 0 Å². The molecule has 4 heteroatoms. The molecule has 3 aromatic rings. The summed E-state index contributed by atoms with van der Waals surface area (Å²) in [4.78, 5) is 4.30. The number of rotatable bonds is 5. The molecular weight excluding hydrogens is 284 g/mol. The molecular formula is C19H18N4. The zero-order valence-corrected chi connectivity index (χ0v) is 12.7. The smallest absolute Gasteiger partial charge is 0.0535 e. The third-order valence-corrected chi connectivity index (χ3v) is 3.65. The molecule has 0 radical (unpaired) electrons. The van der Waals surface area contributed by atoms with Gasteiger partial charge in [0.25, 0.3) is 0 Å². The van der Waals surface area contributed by atoms with Crippen LogP contribution < -0.4 is 11.1 Å². The van der Waals surface area contributed by atoms with E-state index in [1.807, 2.05) is 42.6 Å². The predicted octanol–water partition coefficient (Wildman–Crippen LogP) is 3.94. The molecule has 4 N–H and O–H groups in total. The minimum absolute atomic E-state index is 0.607. The number of pyridine rings is 1. The van der Waals surface area contributed by atoms with E-state index in [4.69, 9.17) is 11.1 Å². The first-order chi connectivity index (χ1) is 11.3. The second-order valence-electron chi connectivity index (χ2n) is 5.29. The summed E-state index contributed by atoms with van der Waals surface area (Å²) in [5.74, 6) is 0. The number of anilines is 2. The maximum atomic E-state index is 7.41. The van der Waals surface area contributed by atoms with Crippen molar-refractivity contribution in [2.24, 2.45) is 0 Å². The minimum Gasteiger partial charge on any atom is -0.398 e. The van der Waals surface area contributed by atoms with Gasteiger partial charge in [-0.3, -0.25) is 4.98 Å². The van der Waals surface area contributed by atoms with E-state index in [1.54, 1.807) is 6.20 Å². The molecule has 3 rings (SSSR count). The van der Waals surface area contributed by atoms with Crippen LogP contribution in [0.1, 0.15) is 11.1 Å². The fourth-order valence-corrected chi connectivity index (χ4v) is 2.37. The summed E-state index contributed by atoms with van der Waals surface area (Å²) >= 11 is 0. The second kappa shape index (κ2) is 6.75. The number of nitrogen functional groups attached to an aromatic ring is 1. The Kier molecular flexibility index (Phi) is 4.34. The summed E-state index contributed by atoms with van der Waals surface area (Å²) in [6.45, 7) is 0.749. The lowest BCUT2D eigenvalue weighted by atomic mass is 10.0. The molecule has 0 saturated heterocycles. The Bertz CT molecular complexity index is 813. The first-order valence-corrected chi connectivity index (χ1v) is 7.39. The van der Waals surface area contributed by atoms with Crippen LogP contribution in [0.5, 0.6) is 0 Å². The number of nitrogens with zero attached hydrogens (tertiary/aromatic N) is 1. The van der Waals surface area contributed by atoms with Crippen molar-refractivity contribution in [1.29, 1.82) is 5.41 Å². The van der Waals surface area contributed by atoms with Gasteiger partial charge in [0, 0.05) is 42.0 Å². The number of aromatic nitrogens is 1. The second-order valence-corrected chi connectivity index (χ2v) is 5.29. The van der Waals surface area contributed by atoms with Crippen LogP contribution in [-0.2, 0) is 6.54 Å². The molecule has 1 aromatic heterocycles. The van der Waals surface area contributed by atoms with Gasteiger partial charge in [-0.05, 0) is 29.3 Å². The van der Waals surface area contributed by atoms with Crippen LogP contribution in [0, 0.1) is 5.41 Å². The number of nitrogens with two attached hydrogens (primary N) is 1. The third-order valence-electron chi connectivity index (χ3n) is 3.65. The summed E-state index contributed by atoms with van der Waals surface area (Å²) < 4.78 is 0. The van der Waals surface area contributed by atoms with E-state index < -0.39 is 0 Å². The first kappa shape index (κ1) is 14.8. The maximum Gasteiger partial charge on any atom is 0.0535 e. The monoisotopic (exact) mass is 302 g/mol. The highest BCUT2D eigenvalue weighted by Gasteiger charge is 2.03. The quantitative estimate of drug-likeness (QED) is 0.493. The normalized spacial score (nSPS) is 10.3. The van der Waals surface area contributed by atoms with Crippen molar-refractivity contribution in [3.8, 4) is 11.1 Å². The van der Waals surface area contributed by atoms with E-state index in [-0.39, 0.29) is 0 Å². The van der Waals surface area contributed by atoms with Gasteiger partial charge in [0.2, 0.25) is 0 Å². The molecule has 0 bridgehead atoms. The molecule has 0 aliphatic carbocycles. The molecule has 4 nitrogen and oxygen atoms in total. The van der Waals surface area contributed by atoms with Gasteiger partial charge in [0.15, 0.2) is 0 Å². The van der Waals surface area contributed by atoms with E-state index in [9.17, 15) is 0 Å². The van der Waals surface area contributed by atoms with Crippen LogP contribution in [-0.4, -0.2) is 11.2 Å². The molecule has 0 aliphatic rings. The molecule has 0 atom stereocenters. The van der Waals surface area contributed by atoms with E-state index in [2.05, 4.69) is 28.5 Å². The molecule has 0 amide bonds. The number of hydrogen-bond donors (Lipinski definition) is 3. The predicted molar refractivity (Wildman–Crippen MR) is 95.7 cm³/mol. The van der Waals surface area contributed by atoms with Crippen molar-refractivity contribution in [3.05, 3.63) is 78.1 Å². The highest BCUT2D eigenvalue weighted by Crippen LogP contribution is 2.24. The van der Waals surface area contributed by atoms with Crippen LogP contribution in [0.3, 0.4) is 0 Å². The average molecular weight is 302 g/mol. The van der Waals surface area contributed by atoms with Crippen LogP contribution in [0.15, 0.2) is 67.0 Å². The van der Waals surface area contributed by atoms with Crippen molar-refractivity contribution < 1.29 is 0 Å². The molecule has 0 fully saturated rings. The van der Waals surface area contributed by atoms with Gasteiger partial charge in [-0.2, -0.15) is 0 Å². The first-order valence-electron chi connectivity index (χ1n) is 7.39. The van der Waals surface area contributed by atoms with Crippen molar-refractivity contribution in [1.82, 2.24) is 4.98 Å². The van der Waals surface area contributed by atoms with Gasteiger partial charge >= 0.3 is 0 Å². The molecule has 2 aromatic carbocycles. The van der Waals surface area contributed by atoms with E-state index in [0.29, 0.717) is 11.3 Å². The maximum absolute atomic E-state index is 7.41. The minimum atomic E-state index is 0.607. The Morgan fingerprint density at radius 2 is 1.83 bits per heavy atom. The molecule has 0 saturated carbocycles. The zero-order valence-electron chi connectivity index (χ0n) is 12.7. The van der Waals surface area contributed by atoms with E-state index in [0.717, 1.165) is 23.4 Å². The molecule has 0 spiro atoms. The van der Waals surface area contributed by atoms with Crippen molar-refractivity contribution >= 4 is 17.6 Å². The van der Waals surface area contributed by atoms with E-state index >= 15 is 0 Å². The lowest BCUT2D eigenvalue weighted by molar-refractivity contribution is 1.14. The van der Waals surface area contributed by atoms with Gasteiger partial charge in [-0.15, -0.1) is 0 Å². The summed E-state index contributed by atoms with van der Waals surface area (Å²) in [7, 11) is 0. The van der Waals surface area contributed by atoms with Gasteiger partial charge in [0.1, 0.15) is 0 Å². The molecule has 114 valence electrons. The average Bonchev–Trinajstić information content (AvgIpc) is 2.61. The Labute approximate surface area is 135 Å². The number of nitrogens with one attached hydrogen (secondary N) is 2. The lowest BCUT2D eigenvalue weighted by Crippen LogP contribution is -2.00. The Hall–Kier alpha value is -3.14. The third kappa shape index (κ3) is 3.55. The Morgan fingerprint density at radius 1 is 1.00 bits per heavy atom. The lowest BCUT2D eigenvalue weighted by Gasteiger charge is -2.09. The zero-order chi connectivity index (χ0) is 16.1. The fourth-order valence-electron chi connectivity index (χ4n) is 2.37.